The number of hydrogen-bond acceptors (Lipinski definition) is 4. The molecule has 0 saturated carbocycles. The Hall–Kier alpha value is -3.54. The number of carbonyl (C=O) groups excluding carboxylic acids is 2. The van der Waals surface area contributed by atoms with Crippen molar-refractivity contribution in [1.29, 1.82) is 0 Å². The molecule has 174 valence electrons. The van der Waals surface area contributed by atoms with Crippen LogP contribution >= 0.6 is 0 Å². The maximum Gasteiger partial charge on any atom is 0.337 e. The van der Waals surface area contributed by atoms with Gasteiger partial charge < -0.3 is 19.4 Å². The van der Waals surface area contributed by atoms with Crippen LogP contribution in [0.15, 0.2) is 55.3 Å². The lowest BCUT2D eigenvalue weighted by Gasteiger charge is -2.10. The van der Waals surface area contributed by atoms with Gasteiger partial charge in [0.05, 0.1) is 26.2 Å². The Morgan fingerprint density at radius 3 is 2.64 bits per heavy atom. The molecule has 3 rings (SSSR count). The predicted octanol–water partition coefficient (Wildman–Crippen LogP) is 4.67. The van der Waals surface area contributed by atoms with Gasteiger partial charge in [0, 0.05) is 36.6 Å². The van der Waals surface area contributed by atoms with Gasteiger partial charge in [-0.2, -0.15) is 0 Å². The fraction of sp³-hybridized carbons (Fsp3) is 0.333. The number of benzene rings is 2. The van der Waals surface area contributed by atoms with Crippen molar-refractivity contribution in [3.63, 3.8) is 0 Å². The second-order valence-electron chi connectivity index (χ2n) is 8.02. The number of aromatic nitrogens is 1. The quantitative estimate of drug-likeness (QED) is 0.263. The number of unbranched alkanes of at least 4 members (excludes halogenated alkanes) is 1. The largest absolute Gasteiger partial charge is 0.496 e. The maximum absolute atomic E-state index is 12.3. The van der Waals surface area contributed by atoms with E-state index in [0.717, 1.165) is 40.4 Å². The average Bonchev–Trinajstić information content (AvgIpc) is 3.15. The summed E-state index contributed by atoms with van der Waals surface area (Å²) in [4.78, 5) is 24.2. The van der Waals surface area contributed by atoms with Crippen molar-refractivity contribution in [3.05, 3.63) is 77.5 Å². The summed E-state index contributed by atoms with van der Waals surface area (Å²) in [5.74, 6) is 0.271. The number of esters is 1. The first-order valence-electron chi connectivity index (χ1n) is 11.2. The smallest absolute Gasteiger partial charge is 0.337 e. The summed E-state index contributed by atoms with van der Waals surface area (Å²) in [6.07, 6.45) is 6.99. The lowest BCUT2D eigenvalue weighted by atomic mass is 10.00. The van der Waals surface area contributed by atoms with Gasteiger partial charge in [0.2, 0.25) is 5.91 Å². The molecule has 1 aromatic heterocycles. The van der Waals surface area contributed by atoms with E-state index in [1.165, 1.54) is 7.11 Å². The zero-order chi connectivity index (χ0) is 23.8. The van der Waals surface area contributed by atoms with E-state index < -0.39 is 5.97 Å². The van der Waals surface area contributed by atoms with Crippen molar-refractivity contribution in [2.24, 2.45) is 0 Å². The molecular formula is C27H32N2O4. The van der Waals surface area contributed by atoms with Gasteiger partial charge in [0.25, 0.3) is 0 Å². The summed E-state index contributed by atoms with van der Waals surface area (Å²) >= 11 is 0. The van der Waals surface area contributed by atoms with Crippen molar-refractivity contribution in [1.82, 2.24) is 9.88 Å². The van der Waals surface area contributed by atoms with Crippen LogP contribution in [0, 0.1) is 0 Å². The first kappa shape index (κ1) is 24.1. The second-order valence-corrected chi connectivity index (χ2v) is 8.02. The molecule has 0 atom stereocenters. The van der Waals surface area contributed by atoms with Crippen LogP contribution in [0.1, 0.15) is 46.8 Å². The van der Waals surface area contributed by atoms with Gasteiger partial charge in [0.15, 0.2) is 0 Å². The fourth-order valence-electron chi connectivity index (χ4n) is 3.95. The summed E-state index contributed by atoms with van der Waals surface area (Å²) in [6.45, 7) is 7.37. The van der Waals surface area contributed by atoms with E-state index >= 15 is 0 Å². The van der Waals surface area contributed by atoms with E-state index in [9.17, 15) is 9.59 Å². The van der Waals surface area contributed by atoms with Crippen LogP contribution in [0.5, 0.6) is 5.75 Å². The van der Waals surface area contributed by atoms with Crippen molar-refractivity contribution >= 4 is 22.8 Å². The van der Waals surface area contributed by atoms with Crippen LogP contribution < -0.4 is 10.1 Å². The van der Waals surface area contributed by atoms with Crippen molar-refractivity contribution in [2.75, 3.05) is 20.8 Å². The molecule has 0 aliphatic carbocycles. The molecule has 1 N–H and O–H groups in total. The fourth-order valence-corrected chi connectivity index (χ4v) is 3.95. The third kappa shape index (κ3) is 5.83. The standard InChI is InChI=1S/C27H32N2O4/c1-5-7-12-28-26(30)15-19-8-11-24-23(14-19)22(18-29(24)13-6-2)16-20-9-10-21(27(31)33-4)17-25(20)32-3/h6,8-11,14,17-18H,2,5,7,12-13,15-16H2,1,3-4H3,(H,28,30). The lowest BCUT2D eigenvalue weighted by Crippen LogP contribution is -2.25. The van der Waals surface area contributed by atoms with Crippen LogP contribution in [0.2, 0.25) is 0 Å². The Kier molecular flexibility index (Phi) is 8.30. The van der Waals surface area contributed by atoms with Crippen LogP contribution in [-0.4, -0.2) is 37.2 Å². The number of hydrogen-bond donors (Lipinski definition) is 1. The third-order valence-corrected chi connectivity index (χ3v) is 5.66. The number of carbonyl (C=O) groups is 2. The molecule has 33 heavy (non-hydrogen) atoms. The molecule has 0 aliphatic rings. The molecule has 0 aliphatic heterocycles. The molecular weight excluding hydrogens is 416 g/mol. The lowest BCUT2D eigenvalue weighted by molar-refractivity contribution is -0.120. The van der Waals surface area contributed by atoms with Crippen LogP contribution in [0.25, 0.3) is 10.9 Å². The summed E-state index contributed by atoms with van der Waals surface area (Å²) in [7, 11) is 2.95. The number of amides is 1. The summed E-state index contributed by atoms with van der Waals surface area (Å²) < 4.78 is 12.5. The summed E-state index contributed by atoms with van der Waals surface area (Å²) in [5, 5.41) is 4.08. The van der Waals surface area contributed by atoms with Crippen molar-refractivity contribution in [2.45, 2.75) is 39.2 Å². The first-order chi connectivity index (χ1) is 16.0. The molecule has 0 saturated heterocycles. The number of nitrogens with zero attached hydrogens (tertiary/aromatic N) is 1. The molecule has 0 radical (unpaired) electrons. The van der Waals surface area contributed by atoms with Gasteiger partial charge in [-0.1, -0.05) is 31.6 Å². The minimum Gasteiger partial charge on any atom is -0.496 e. The molecule has 2 aromatic carbocycles. The Morgan fingerprint density at radius 2 is 1.94 bits per heavy atom. The number of rotatable bonds is 11. The Labute approximate surface area is 195 Å². The van der Waals surface area contributed by atoms with E-state index in [4.69, 9.17) is 9.47 Å². The van der Waals surface area contributed by atoms with Gasteiger partial charge in [-0.05, 0) is 47.4 Å². The van der Waals surface area contributed by atoms with Crippen molar-refractivity contribution < 1.29 is 19.1 Å². The number of nitrogens with one attached hydrogen (secondary N) is 1. The van der Waals surface area contributed by atoms with E-state index in [-0.39, 0.29) is 5.91 Å². The second kappa shape index (κ2) is 11.4. The highest BCUT2D eigenvalue weighted by Gasteiger charge is 2.15. The Morgan fingerprint density at radius 1 is 1.12 bits per heavy atom. The zero-order valence-electron chi connectivity index (χ0n) is 19.6. The highest BCUT2D eigenvalue weighted by Crippen LogP contribution is 2.29. The van der Waals surface area contributed by atoms with E-state index in [0.29, 0.717) is 37.2 Å². The molecule has 1 heterocycles. The number of allylic oxidation sites excluding steroid dienone is 1. The number of ether oxygens (including phenoxy) is 2. The number of methoxy groups -OCH3 is 2. The first-order valence-corrected chi connectivity index (χ1v) is 11.2. The minimum atomic E-state index is -0.399. The van der Waals surface area contributed by atoms with Crippen LogP contribution in [0.4, 0.5) is 0 Å². The minimum absolute atomic E-state index is 0.0370. The number of fused-ring (bicyclic) bond motifs is 1. The van der Waals surface area contributed by atoms with Gasteiger partial charge in [-0.25, -0.2) is 4.79 Å². The maximum atomic E-state index is 12.3. The SMILES string of the molecule is C=CCn1cc(Cc2ccc(C(=O)OC)cc2OC)c2cc(CC(=O)NCCCC)ccc21. The van der Waals surface area contributed by atoms with E-state index in [1.807, 2.05) is 18.2 Å². The Balaban J connectivity index is 1.93. The van der Waals surface area contributed by atoms with Gasteiger partial charge in [-0.15, -0.1) is 6.58 Å². The predicted molar refractivity (Wildman–Crippen MR) is 131 cm³/mol. The molecule has 0 fully saturated rings. The van der Waals surface area contributed by atoms with Gasteiger partial charge >= 0.3 is 5.97 Å². The van der Waals surface area contributed by atoms with E-state index in [2.05, 4.69) is 41.7 Å². The topological polar surface area (TPSA) is 69.6 Å². The van der Waals surface area contributed by atoms with Crippen molar-refractivity contribution in [3.8, 4) is 5.75 Å². The molecule has 6 heteroatoms. The monoisotopic (exact) mass is 448 g/mol. The normalized spacial score (nSPS) is 10.8. The molecule has 3 aromatic rings. The molecule has 1 amide bonds. The molecule has 0 spiro atoms. The third-order valence-electron chi connectivity index (χ3n) is 5.66. The molecule has 0 bridgehead atoms. The highest BCUT2D eigenvalue weighted by atomic mass is 16.5. The molecule has 0 unspecified atom stereocenters. The van der Waals surface area contributed by atoms with E-state index in [1.54, 1.807) is 19.2 Å². The average molecular weight is 449 g/mol. The van der Waals surface area contributed by atoms with Crippen LogP contribution in [-0.2, 0) is 28.9 Å². The molecule has 6 nitrogen and oxygen atoms in total. The summed E-state index contributed by atoms with van der Waals surface area (Å²) in [6, 6.07) is 11.5. The highest BCUT2D eigenvalue weighted by molar-refractivity contribution is 5.90. The van der Waals surface area contributed by atoms with Gasteiger partial charge in [-0.3, -0.25) is 4.79 Å². The van der Waals surface area contributed by atoms with Crippen LogP contribution in [0.3, 0.4) is 0 Å². The Bertz CT molecular complexity index is 1150. The van der Waals surface area contributed by atoms with Gasteiger partial charge in [0.1, 0.15) is 5.75 Å². The summed E-state index contributed by atoms with van der Waals surface area (Å²) in [5.41, 5.74) is 4.59. The zero-order valence-corrected chi connectivity index (χ0v) is 19.6.